The zero-order valence-electron chi connectivity index (χ0n) is 11.6. The molecule has 6 heteroatoms. The van der Waals surface area contributed by atoms with Gasteiger partial charge in [0.05, 0.1) is 0 Å². The van der Waals surface area contributed by atoms with Gasteiger partial charge < -0.3 is 15.7 Å². The Morgan fingerprint density at radius 2 is 2.20 bits per heavy atom. The first-order valence-electron chi connectivity index (χ1n) is 6.70. The first kappa shape index (κ1) is 15.9. The topological polar surface area (TPSA) is 91.3 Å². The van der Waals surface area contributed by atoms with Gasteiger partial charge in [-0.25, -0.2) is 4.79 Å². The zero-order valence-corrected chi connectivity index (χ0v) is 11.6. The fourth-order valence-electron chi connectivity index (χ4n) is 1.67. The third kappa shape index (κ3) is 7.35. The SMILES string of the molecule is CC(CCC(=O)O)CNC(=O)NCCc1cccnc1. The second-order valence-electron chi connectivity index (χ2n) is 4.79. The van der Waals surface area contributed by atoms with Crippen molar-refractivity contribution >= 4 is 12.0 Å². The van der Waals surface area contributed by atoms with E-state index in [1.165, 1.54) is 0 Å². The summed E-state index contributed by atoms with van der Waals surface area (Å²) in [7, 11) is 0. The molecule has 1 rings (SSSR count). The molecule has 20 heavy (non-hydrogen) atoms. The highest BCUT2D eigenvalue weighted by Gasteiger charge is 2.07. The lowest BCUT2D eigenvalue weighted by molar-refractivity contribution is -0.137. The van der Waals surface area contributed by atoms with Gasteiger partial charge in [-0.2, -0.15) is 0 Å². The minimum absolute atomic E-state index is 0.130. The molecule has 3 N–H and O–H groups in total. The molecule has 6 nitrogen and oxygen atoms in total. The summed E-state index contributed by atoms with van der Waals surface area (Å²) in [5, 5.41) is 14.1. The molecule has 0 aliphatic rings. The van der Waals surface area contributed by atoms with Gasteiger partial charge in [0.15, 0.2) is 0 Å². The number of nitrogens with zero attached hydrogens (tertiary/aromatic N) is 1. The number of hydrogen-bond donors (Lipinski definition) is 3. The summed E-state index contributed by atoms with van der Waals surface area (Å²) in [5.74, 6) is -0.659. The van der Waals surface area contributed by atoms with Gasteiger partial charge in [-0.1, -0.05) is 13.0 Å². The summed E-state index contributed by atoms with van der Waals surface area (Å²) in [6, 6.07) is 3.59. The Labute approximate surface area is 118 Å². The van der Waals surface area contributed by atoms with Gasteiger partial charge in [0.1, 0.15) is 0 Å². The van der Waals surface area contributed by atoms with E-state index in [1.54, 1.807) is 12.4 Å². The maximum atomic E-state index is 11.5. The molecule has 2 amide bonds. The molecule has 1 atom stereocenters. The number of carboxylic acid groups (broad SMARTS) is 1. The van der Waals surface area contributed by atoms with Crippen molar-refractivity contribution in [1.29, 1.82) is 0 Å². The van der Waals surface area contributed by atoms with E-state index in [2.05, 4.69) is 15.6 Å². The van der Waals surface area contributed by atoms with Crippen molar-refractivity contribution in [2.45, 2.75) is 26.2 Å². The quantitative estimate of drug-likeness (QED) is 0.671. The average Bonchev–Trinajstić information content (AvgIpc) is 2.44. The lowest BCUT2D eigenvalue weighted by atomic mass is 10.1. The van der Waals surface area contributed by atoms with Gasteiger partial charge in [0.2, 0.25) is 0 Å². The highest BCUT2D eigenvalue weighted by molar-refractivity contribution is 5.73. The zero-order chi connectivity index (χ0) is 14.8. The summed E-state index contributed by atoms with van der Waals surface area (Å²) >= 11 is 0. The van der Waals surface area contributed by atoms with Crippen molar-refractivity contribution in [3.8, 4) is 0 Å². The predicted octanol–water partition coefficient (Wildman–Crippen LogP) is 1.42. The summed E-state index contributed by atoms with van der Waals surface area (Å²) in [6.45, 7) is 2.94. The Bertz CT molecular complexity index is 423. The molecule has 0 spiro atoms. The summed E-state index contributed by atoms with van der Waals surface area (Å²) in [6.07, 6.45) is 4.91. The Morgan fingerprint density at radius 1 is 1.40 bits per heavy atom. The van der Waals surface area contributed by atoms with Gasteiger partial charge in [-0.15, -0.1) is 0 Å². The number of aliphatic carboxylic acids is 1. The van der Waals surface area contributed by atoms with Crippen molar-refractivity contribution in [3.05, 3.63) is 30.1 Å². The predicted molar refractivity (Wildman–Crippen MR) is 75.4 cm³/mol. The van der Waals surface area contributed by atoms with Gasteiger partial charge in [-0.05, 0) is 30.4 Å². The number of amides is 2. The number of hydrogen-bond acceptors (Lipinski definition) is 3. The van der Waals surface area contributed by atoms with Crippen LogP contribution in [0.15, 0.2) is 24.5 Å². The number of aromatic nitrogens is 1. The van der Waals surface area contributed by atoms with Crippen LogP contribution in [0.25, 0.3) is 0 Å². The van der Waals surface area contributed by atoms with Crippen LogP contribution < -0.4 is 10.6 Å². The molecule has 1 heterocycles. The molecule has 0 saturated carbocycles. The minimum Gasteiger partial charge on any atom is -0.481 e. The summed E-state index contributed by atoms with van der Waals surface area (Å²) in [5.41, 5.74) is 1.07. The molecular formula is C14H21N3O3. The van der Waals surface area contributed by atoms with Gasteiger partial charge in [-0.3, -0.25) is 9.78 Å². The molecule has 1 aromatic rings. The van der Waals surface area contributed by atoms with E-state index in [-0.39, 0.29) is 18.4 Å². The Kier molecular flexibility index (Phi) is 7.10. The van der Waals surface area contributed by atoms with Crippen LogP contribution in [0.4, 0.5) is 4.79 Å². The van der Waals surface area contributed by atoms with E-state index < -0.39 is 5.97 Å². The number of carbonyl (C=O) groups is 2. The molecule has 1 unspecified atom stereocenters. The molecule has 1 aromatic heterocycles. The van der Waals surface area contributed by atoms with Crippen LogP contribution in [0.3, 0.4) is 0 Å². The number of carboxylic acids is 1. The number of urea groups is 1. The fourth-order valence-corrected chi connectivity index (χ4v) is 1.67. The summed E-state index contributed by atoms with van der Waals surface area (Å²) in [4.78, 5) is 25.9. The second kappa shape index (κ2) is 8.90. The van der Waals surface area contributed by atoms with Crippen LogP contribution in [0.5, 0.6) is 0 Å². The normalized spacial score (nSPS) is 11.7. The maximum absolute atomic E-state index is 11.5. The van der Waals surface area contributed by atoms with Crippen LogP contribution in [-0.2, 0) is 11.2 Å². The van der Waals surface area contributed by atoms with Crippen molar-refractivity contribution in [2.75, 3.05) is 13.1 Å². The molecule has 0 fully saturated rings. The molecular weight excluding hydrogens is 258 g/mol. The Hall–Kier alpha value is -2.11. The fraction of sp³-hybridized carbons (Fsp3) is 0.500. The van der Waals surface area contributed by atoms with E-state index in [1.807, 2.05) is 19.1 Å². The van der Waals surface area contributed by atoms with E-state index in [0.717, 1.165) is 12.0 Å². The van der Waals surface area contributed by atoms with Crippen molar-refractivity contribution in [3.63, 3.8) is 0 Å². The molecule has 0 radical (unpaired) electrons. The molecule has 0 saturated heterocycles. The van der Waals surface area contributed by atoms with Gasteiger partial charge in [0, 0.05) is 31.9 Å². The Balaban J connectivity index is 2.10. The standard InChI is InChI=1S/C14H21N3O3/c1-11(4-5-13(18)19)9-17-14(20)16-8-6-12-3-2-7-15-10-12/h2-3,7,10-11H,4-6,8-9H2,1H3,(H,18,19)(H2,16,17,20). The first-order chi connectivity index (χ1) is 9.58. The van der Waals surface area contributed by atoms with Crippen molar-refractivity contribution in [2.24, 2.45) is 5.92 Å². The second-order valence-corrected chi connectivity index (χ2v) is 4.79. The van der Waals surface area contributed by atoms with Crippen LogP contribution >= 0.6 is 0 Å². The summed E-state index contributed by atoms with van der Waals surface area (Å²) < 4.78 is 0. The lowest BCUT2D eigenvalue weighted by Gasteiger charge is -2.12. The monoisotopic (exact) mass is 279 g/mol. The Morgan fingerprint density at radius 3 is 2.85 bits per heavy atom. The smallest absolute Gasteiger partial charge is 0.314 e. The first-order valence-corrected chi connectivity index (χ1v) is 6.70. The van der Waals surface area contributed by atoms with Crippen molar-refractivity contribution in [1.82, 2.24) is 15.6 Å². The van der Waals surface area contributed by atoms with E-state index in [0.29, 0.717) is 19.5 Å². The van der Waals surface area contributed by atoms with E-state index in [9.17, 15) is 9.59 Å². The van der Waals surface area contributed by atoms with Gasteiger partial charge in [0.25, 0.3) is 0 Å². The molecule has 0 aliphatic heterocycles. The third-order valence-electron chi connectivity index (χ3n) is 2.88. The van der Waals surface area contributed by atoms with Crippen molar-refractivity contribution < 1.29 is 14.7 Å². The van der Waals surface area contributed by atoms with Crippen LogP contribution in [-0.4, -0.2) is 35.2 Å². The number of pyridine rings is 1. The van der Waals surface area contributed by atoms with E-state index >= 15 is 0 Å². The highest BCUT2D eigenvalue weighted by Crippen LogP contribution is 2.03. The third-order valence-corrected chi connectivity index (χ3v) is 2.88. The van der Waals surface area contributed by atoms with E-state index in [4.69, 9.17) is 5.11 Å². The number of rotatable bonds is 8. The van der Waals surface area contributed by atoms with Gasteiger partial charge >= 0.3 is 12.0 Å². The maximum Gasteiger partial charge on any atom is 0.314 e. The lowest BCUT2D eigenvalue weighted by Crippen LogP contribution is -2.38. The van der Waals surface area contributed by atoms with Crippen LogP contribution in [0, 0.1) is 5.92 Å². The van der Waals surface area contributed by atoms with Crippen LogP contribution in [0.1, 0.15) is 25.3 Å². The molecule has 0 aromatic carbocycles. The minimum atomic E-state index is -0.808. The van der Waals surface area contributed by atoms with Crippen LogP contribution in [0.2, 0.25) is 0 Å². The average molecular weight is 279 g/mol. The molecule has 110 valence electrons. The molecule has 0 aliphatic carbocycles. The number of carbonyl (C=O) groups excluding carboxylic acids is 1. The molecule has 0 bridgehead atoms. The number of nitrogens with one attached hydrogen (secondary N) is 2. The largest absolute Gasteiger partial charge is 0.481 e. The highest BCUT2D eigenvalue weighted by atomic mass is 16.4.